The van der Waals surface area contributed by atoms with E-state index in [1.165, 1.54) is 4.68 Å². The molecular formula is C9H8N3O3+. The lowest BCUT2D eigenvalue weighted by Crippen LogP contribution is -2.43. The number of hydrogen-bond acceptors (Lipinski definition) is 3. The second-order valence-corrected chi connectivity index (χ2v) is 2.86. The van der Waals surface area contributed by atoms with Crippen LogP contribution in [0.2, 0.25) is 0 Å². The molecule has 0 spiro atoms. The predicted molar refractivity (Wildman–Crippen MR) is 49.4 cm³/mol. The molecule has 6 heteroatoms. The molecule has 76 valence electrons. The highest BCUT2D eigenvalue weighted by atomic mass is 16.5. The Bertz CT molecular complexity index is 541. The van der Waals surface area contributed by atoms with Crippen LogP contribution in [0, 0.1) is 0 Å². The van der Waals surface area contributed by atoms with Crippen LogP contribution in [0.1, 0.15) is 10.5 Å². The first-order chi connectivity index (χ1) is 7.20. The van der Waals surface area contributed by atoms with Gasteiger partial charge in [0.05, 0.1) is 0 Å². The van der Waals surface area contributed by atoms with E-state index in [-0.39, 0.29) is 5.69 Å². The maximum Gasteiger partial charge on any atom is 0.441 e. The van der Waals surface area contributed by atoms with E-state index in [1.807, 2.05) is 6.07 Å². The van der Waals surface area contributed by atoms with Crippen molar-refractivity contribution in [3.8, 4) is 5.69 Å². The van der Waals surface area contributed by atoms with Gasteiger partial charge in [0, 0.05) is 12.1 Å². The summed E-state index contributed by atoms with van der Waals surface area (Å²) in [6, 6.07) is 8.75. The third-order valence-corrected chi connectivity index (χ3v) is 1.89. The van der Waals surface area contributed by atoms with Gasteiger partial charge in [-0.15, -0.1) is 0 Å². The summed E-state index contributed by atoms with van der Waals surface area (Å²) in [6.07, 6.45) is 0. The van der Waals surface area contributed by atoms with Crippen LogP contribution in [-0.2, 0) is 0 Å². The van der Waals surface area contributed by atoms with Gasteiger partial charge in [0.2, 0.25) is 5.69 Å². The van der Waals surface area contributed by atoms with E-state index < -0.39 is 11.5 Å². The Hall–Kier alpha value is -2.37. The number of hydrogen-bond donors (Lipinski definition) is 2. The molecule has 0 aliphatic carbocycles. The van der Waals surface area contributed by atoms with E-state index in [0.29, 0.717) is 5.69 Å². The molecule has 1 aromatic carbocycles. The molecule has 0 saturated carbocycles. The van der Waals surface area contributed by atoms with Crippen LogP contribution in [0.5, 0.6) is 0 Å². The zero-order valence-corrected chi connectivity index (χ0v) is 7.64. The number of rotatable bonds is 2. The number of nitrogens with two attached hydrogens (primary N) is 1. The number of aromatic nitrogens is 2. The summed E-state index contributed by atoms with van der Waals surface area (Å²) < 4.78 is 5.69. The number of nitrogens with zero attached hydrogens (tertiary/aromatic N) is 1. The molecule has 15 heavy (non-hydrogen) atoms. The van der Waals surface area contributed by atoms with Crippen molar-refractivity contribution in [1.29, 1.82) is 0 Å². The minimum Gasteiger partial charge on any atom is -0.360 e. The van der Waals surface area contributed by atoms with Crippen LogP contribution < -0.4 is 16.0 Å². The summed E-state index contributed by atoms with van der Waals surface area (Å²) in [5, 5.41) is 2.30. The number of primary amides is 1. The minimum absolute atomic E-state index is 0.235. The number of H-pyrrole nitrogens is 1. The summed E-state index contributed by atoms with van der Waals surface area (Å²) in [5.74, 6) is -0.839. The highest BCUT2D eigenvalue weighted by Gasteiger charge is 2.28. The summed E-state index contributed by atoms with van der Waals surface area (Å²) in [6.45, 7) is 0. The highest BCUT2D eigenvalue weighted by molar-refractivity contribution is 5.88. The number of amides is 1. The molecule has 2 rings (SSSR count). The van der Waals surface area contributed by atoms with Crippen molar-refractivity contribution >= 4 is 5.91 Å². The molecule has 0 atom stereocenters. The summed E-state index contributed by atoms with van der Waals surface area (Å²) >= 11 is 0. The van der Waals surface area contributed by atoms with Gasteiger partial charge in [-0.2, -0.15) is 0 Å². The first-order valence-electron chi connectivity index (χ1n) is 4.19. The van der Waals surface area contributed by atoms with Crippen molar-refractivity contribution < 1.29 is 14.0 Å². The van der Waals surface area contributed by atoms with Crippen molar-refractivity contribution in [2.24, 2.45) is 5.73 Å². The number of carbonyl (C=O) groups is 1. The second kappa shape index (κ2) is 3.41. The molecule has 1 heterocycles. The predicted octanol–water partition coefficient (Wildman–Crippen LogP) is -0.656. The van der Waals surface area contributed by atoms with E-state index >= 15 is 0 Å². The van der Waals surface area contributed by atoms with Gasteiger partial charge in [0.15, 0.2) is 0 Å². The van der Waals surface area contributed by atoms with Gasteiger partial charge in [-0.1, -0.05) is 18.2 Å². The first kappa shape index (κ1) is 9.20. The van der Waals surface area contributed by atoms with Crippen LogP contribution in [0.25, 0.3) is 5.69 Å². The Morgan fingerprint density at radius 3 is 2.60 bits per heavy atom. The molecule has 0 aliphatic heterocycles. The lowest BCUT2D eigenvalue weighted by Gasteiger charge is -1.89. The minimum atomic E-state index is -0.839. The third kappa shape index (κ3) is 1.52. The van der Waals surface area contributed by atoms with Gasteiger partial charge < -0.3 is 5.73 Å². The quantitative estimate of drug-likeness (QED) is 0.639. The molecule has 0 bridgehead atoms. The molecule has 0 radical (unpaired) electrons. The van der Waals surface area contributed by atoms with Crippen LogP contribution in [-0.4, -0.2) is 11.2 Å². The fourth-order valence-corrected chi connectivity index (χ4v) is 1.24. The molecular weight excluding hydrogens is 198 g/mol. The van der Waals surface area contributed by atoms with E-state index in [4.69, 9.17) is 5.73 Å². The van der Waals surface area contributed by atoms with Crippen LogP contribution in [0.15, 0.2) is 39.6 Å². The van der Waals surface area contributed by atoms with Gasteiger partial charge in [-0.25, -0.2) is 4.79 Å². The Labute approximate surface area is 83.9 Å². The SMILES string of the molecule is NC(=O)c1c(=O)o[nH][n+]1-c1ccccc1. The first-order valence-corrected chi connectivity index (χ1v) is 4.19. The van der Waals surface area contributed by atoms with Crippen molar-refractivity contribution in [3.05, 3.63) is 46.4 Å². The van der Waals surface area contributed by atoms with Gasteiger partial charge in [-0.3, -0.25) is 9.32 Å². The number of nitrogens with one attached hydrogen (secondary N) is 1. The lowest BCUT2D eigenvalue weighted by atomic mass is 10.3. The van der Waals surface area contributed by atoms with Crippen LogP contribution >= 0.6 is 0 Å². The highest BCUT2D eigenvalue weighted by Crippen LogP contribution is 1.96. The summed E-state index contributed by atoms with van der Waals surface area (Å²) in [7, 11) is 0. The zero-order chi connectivity index (χ0) is 10.8. The Morgan fingerprint density at radius 2 is 2.00 bits per heavy atom. The smallest absolute Gasteiger partial charge is 0.360 e. The largest absolute Gasteiger partial charge is 0.441 e. The summed E-state index contributed by atoms with van der Waals surface area (Å²) in [5.41, 5.74) is 4.63. The van der Waals surface area contributed by atoms with E-state index in [1.54, 1.807) is 24.3 Å². The second-order valence-electron chi connectivity index (χ2n) is 2.86. The summed E-state index contributed by atoms with van der Waals surface area (Å²) in [4.78, 5) is 22.1. The molecule has 1 amide bonds. The molecule has 2 aromatic rings. The molecule has 3 N–H and O–H groups in total. The van der Waals surface area contributed by atoms with E-state index in [9.17, 15) is 9.59 Å². The van der Waals surface area contributed by atoms with Crippen molar-refractivity contribution in [2.45, 2.75) is 0 Å². The molecule has 0 fully saturated rings. The monoisotopic (exact) mass is 206 g/mol. The Balaban J connectivity index is 2.65. The normalized spacial score (nSPS) is 10.1. The Morgan fingerprint density at radius 1 is 1.33 bits per heavy atom. The molecule has 6 nitrogen and oxygen atoms in total. The van der Waals surface area contributed by atoms with Gasteiger partial charge >= 0.3 is 17.2 Å². The molecule has 0 aliphatic rings. The maximum atomic E-state index is 11.1. The molecule has 1 aromatic heterocycles. The van der Waals surface area contributed by atoms with Crippen molar-refractivity contribution in [1.82, 2.24) is 5.27 Å². The van der Waals surface area contributed by atoms with Crippen LogP contribution in [0.4, 0.5) is 0 Å². The third-order valence-electron chi connectivity index (χ3n) is 1.89. The lowest BCUT2D eigenvalue weighted by molar-refractivity contribution is -0.672. The van der Waals surface area contributed by atoms with Gasteiger partial charge in [0.25, 0.3) is 0 Å². The van der Waals surface area contributed by atoms with Crippen molar-refractivity contribution in [2.75, 3.05) is 0 Å². The number of benzene rings is 1. The average Bonchev–Trinajstić information content (AvgIpc) is 2.61. The molecule has 0 saturated heterocycles. The van der Waals surface area contributed by atoms with Gasteiger partial charge in [0.1, 0.15) is 0 Å². The standard InChI is InChI=1S/C9H7N3O3/c10-8(13)7-9(14)15-11-12(7)6-4-2-1-3-5-6/h1-5H,(H2-,10,11,13,14)/p+1. The Kier molecular flexibility index (Phi) is 2.09. The number of para-hydroxylation sites is 1. The fourth-order valence-electron chi connectivity index (χ4n) is 1.24. The topological polar surface area (TPSA) is 93.0 Å². The number of carbonyl (C=O) groups excluding carboxylic acids is 1. The number of aromatic amines is 1. The van der Waals surface area contributed by atoms with Gasteiger partial charge in [-0.05, 0) is 9.95 Å². The maximum absolute atomic E-state index is 11.1. The zero-order valence-electron chi connectivity index (χ0n) is 7.64. The molecule has 0 unspecified atom stereocenters. The van der Waals surface area contributed by atoms with Crippen LogP contribution in [0.3, 0.4) is 0 Å². The fraction of sp³-hybridized carbons (Fsp3) is 0. The average molecular weight is 206 g/mol. The van der Waals surface area contributed by atoms with E-state index in [0.717, 1.165) is 0 Å². The van der Waals surface area contributed by atoms with Crippen molar-refractivity contribution in [3.63, 3.8) is 0 Å². The van der Waals surface area contributed by atoms with E-state index in [2.05, 4.69) is 9.79 Å².